The lowest BCUT2D eigenvalue weighted by Crippen LogP contribution is -2.51. The van der Waals surface area contributed by atoms with Crippen molar-refractivity contribution in [3.63, 3.8) is 0 Å². The Labute approximate surface area is 104 Å². The van der Waals surface area contributed by atoms with Crippen LogP contribution in [0.25, 0.3) is 0 Å². The van der Waals surface area contributed by atoms with Gasteiger partial charge >= 0.3 is 0 Å². The highest BCUT2D eigenvalue weighted by molar-refractivity contribution is 5.83. The van der Waals surface area contributed by atoms with Crippen LogP contribution >= 0.6 is 0 Å². The zero-order chi connectivity index (χ0) is 13.1. The van der Waals surface area contributed by atoms with Crippen molar-refractivity contribution in [3.8, 4) is 0 Å². The van der Waals surface area contributed by atoms with Gasteiger partial charge in [0.25, 0.3) is 0 Å². The molecule has 18 heavy (non-hydrogen) atoms. The van der Waals surface area contributed by atoms with Crippen molar-refractivity contribution in [1.29, 1.82) is 0 Å². The van der Waals surface area contributed by atoms with Gasteiger partial charge in [-0.1, -0.05) is 0 Å². The third-order valence-corrected chi connectivity index (χ3v) is 2.99. The van der Waals surface area contributed by atoms with Gasteiger partial charge in [-0.2, -0.15) is 0 Å². The quantitative estimate of drug-likeness (QED) is 0.821. The molecule has 1 aromatic carbocycles. The highest BCUT2D eigenvalue weighted by Gasteiger charge is 2.25. The summed E-state index contributed by atoms with van der Waals surface area (Å²) < 4.78 is 25.9. The van der Waals surface area contributed by atoms with E-state index in [0.717, 1.165) is 0 Å². The summed E-state index contributed by atoms with van der Waals surface area (Å²) in [6.45, 7) is 0.527. The van der Waals surface area contributed by atoms with Crippen molar-refractivity contribution in [1.82, 2.24) is 4.90 Å². The van der Waals surface area contributed by atoms with E-state index in [4.69, 9.17) is 5.73 Å². The third-order valence-electron chi connectivity index (χ3n) is 2.99. The molecular weight excluding hydrogens is 240 g/mol. The lowest BCUT2D eigenvalue weighted by atomic mass is 10.2. The number of amides is 1. The molecule has 1 heterocycles. The second-order valence-electron chi connectivity index (χ2n) is 4.20. The number of anilines is 2. The molecule has 98 valence electrons. The van der Waals surface area contributed by atoms with E-state index in [0.29, 0.717) is 24.5 Å². The molecule has 1 aliphatic heterocycles. The molecule has 0 atom stereocenters. The number of carbonyl (C=O) groups is 1. The molecule has 0 aromatic heterocycles. The number of halogens is 2. The van der Waals surface area contributed by atoms with E-state index in [-0.39, 0.29) is 19.0 Å². The minimum Gasteiger partial charge on any atom is -0.399 e. The Morgan fingerprint density at radius 1 is 1.33 bits per heavy atom. The predicted octanol–water partition coefficient (Wildman–Crippen LogP) is 1.03. The van der Waals surface area contributed by atoms with Crippen LogP contribution in [0.3, 0.4) is 0 Å². The molecule has 4 nitrogen and oxygen atoms in total. The number of hydrogen-bond donors (Lipinski definition) is 1. The number of nitrogens with two attached hydrogens (primary N) is 1. The van der Waals surface area contributed by atoms with E-state index in [1.165, 1.54) is 11.0 Å². The van der Waals surface area contributed by atoms with Gasteiger partial charge in [0.1, 0.15) is 12.5 Å². The maximum atomic E-state index is 13.7. The van der Waals surface area contributed by atoms with Crippen LogP contribution in [0, 0.1) is 5.82 Å². The molecule has 0 spiro atoms. The van der Waals surface area contributed by atoms with Crippen LogP contribution in [0.4, 0.5) is 20.2 Å². The van der Waals surface area contributed by atoms with E-state index < -0.39 is 12.5 Å². The summed E-state index contributed by atoms with van der Waals surface area (Å²) in [4.78, 5) is 14.8. The molecule has 1 aromatic rings. The molecule has 0 saturated carbocycles. The molecule has 2 N–H and O–H groups in total. The normalized spacial score (nSPS) is 16.2. The van der Waals surface area contributed by atoms with Crippen LogP contribution in [-0.2, 0) is 4.79 Å². The molecule has 6 heteroatoms. The maximum Gasteiger partial charge on any atom is 0.242 e. The topological polar surface area (TPSA) is 49.6 Å². The van der Waals surface area contributed by atoms with E-state index in [1.807, 2.05) is 0 Å². The fourth-order valence-electron chi connectivity index (χ4n) is 2.03. The monoisotopic (exact) mass is 255 g/mol. The van der Waals surface area contributed by atoms with Crippen molar-refractivity contribution in [2.45, 2.75) is 0 Å². The summed E-state index contributed by atoms with van der Waals surface area (Å²) in [6.07, 6.45) is 0. The number of hydrogen-bond acceptors (Lipinski definition) is 3. The van der Waals surface area contributed by atoms with Crippen molar-refractivity contribution >= 4 is 17.3 Å². The number of benzene rings is 1. The standard InChI is InChI=1S/C12H15F2N3O/c13-3-4-16-5-6-17(8-12(16)18)11-2-1-9(15)7-10(11)14/h1-2,7H,3-6,8,15H2. The first kappa shape index (κ1) is 12.6. The molecule has 1 aliphatic rings. The van der Waals surface area contributed by atoms with Gasteiger partial charge in [-0.15, -0.1) is 0 Å². The van der Waals surface area contributed by atoms with Crippen molar-refractivity contribution < 1.29 is 13.6 Å². The molecular formula is C12H15F2N3O. The van der Waals surface area contributed by atoms with Crippen LogP contribution in [0.1, 0.15) is 0 Å². The number of nitrogen functional groups attached to an aromatic ring is 1. The lowest BCUT2D eigenvalue weighted by molar-refractivity contribution is -0.131. The minimum absolute atomic E-state index is 0.0703. The summed E-state index contributed by atoms with van der Waals surface area (Å²) >= 11 is 0. The highest BCUT2D eigenvalue weighted by atomic mass is 19.1. The number of carbonyl (C=O) groups excluding carboxylic acids is 1. The molecule has 2 rings (SSSR count). The first-order valence-corrected chi connectivity index (χ1v) is 5.75. The van der Waals surface area contributed by atoms with E-state index in [2.05, 4.69) is 0 Å². The molecule has 1 fully saturated rings. The van der Waals surface area contributed by atoms with Gasteiger partial charge in [0.05, 0.1) is 12.2 Å². The fraction of sp³-hybridized carbons (Fsp3) is 0.417. The Morgan fingerprint density at radius 3 is 2.72 bits per heavy atom. The number of alkyl halides is 1. The second kappa shape index (κ2) is 5.20. The second-order valence-corrected chi connectivity index (χ2v) is 4.20. The van der Waals surface area contributed by atoms with Crippen LogP contribution < -0.4 is 10.6 Å². The zero-order valence-corrected chi connectivity index (χ0v) is 9.90. The summed E-state index contributed by atoms with van der Waals surface area (Å²) in [7, 11) is 0. The molecule has 0 radical (unpaired) electrons. The van der Waals surface area contributed by atoms with Crippen LogP contribution in [0.15, 0.2) is 18.2 Å². The summed E-state index contributed by atoms with van der Waals surface area (Å²) in [5.74, 6) is -0.628. The van der Waals surface area contributed by atoms with Crippen LogP contribution in [0.2, 0.25) is 0 Å². The zero-order valence-electron chi connectivity index (χ0n) is 9.90. The van der Waals surface area contributed by atoms with E-state index in [1.54, 1.807) is 17.0 Å². The molecule has 0 bridgehead atoms. The molecule has 0 aliphatic carbocycles. The molecule has 1 saturated heterocycles. The Kier molecular flexibility index (Phi) is 3.64. The Hall–Kier alpha value is -1.85. The Morgan fingerprint density at radius 2 is 2.11 bits per heavy atom. The Bertz CT molecular complexity index is 453. The third kappa shape index (κ3) is 2.52. The SMILES string of the molecule is Nc1ccc(N2CCN(CCF)C(=O)C2)c(F)c1. The van der Waals surface area contributed by atoms with E-state index >= 15 is 0 Å². The Balaban J connectivity index is 2.10. The van der Waals surface area contributed by atoms with E-state index in [9.17, 15) is 13.6 Å². The predicted molar refractivity (Wildman–Crippen MR) is 65.6 cm³/mol. The average Bonchev–Trinajstić information content (AvgIpc) is 2.32. The first-order chi connectivity index (χ1) is 8.61. The van der Waals surface area contributed by atoms with Crippen molar-refractivity contribution in [3.05, 3.63) is 24.0 Å². The number of nitrogens with zero attached hydrogens (tertiary/aromatic N) is 2. The van der Waals surface area contributed by atoms with Crippen LogP contribution in [-0.4, -0.2) is 43.7 Å². The van der Waals surface area contributed by atoms with Gasteiger partial charge in [0.2, 0.25) is 5.91 Å². The van der Waals surface area contributed by atoms with Crippen LogP contribution in [0.5, 0.6) is 0 Å². The van der Waals surface area contributed by atoms with Gasteiger partial charge in [-0.3, -0.25) is 4.79 Å². The molecule has 1 amide bonds. The summed E-state index contributed by atoms with van der Waals surface area (Å²) in [5.41, 5.74) is 6.18. The van der Waals surface area contributed by atoms with Crippen molar-refractivity contribution in [2.24, 2.45) is 0 Å². The smallest absolute Gasteiger partial charge is 0.242 e. The van der Waals surface area contributed by atoms with Gasteiger partial charge in [-0.25, -0.2) is 8.78 Å². The van der Waals surface area contributed by atoms with Gasteiger partial charge in [-0.05, 0) is 18.2 Å². The number of piperazine rings is 1. The highest BCUT2D eigenvalue weighted by Crippen LogP contribution is 2.22. The minimum atomic E-state index is -0.554. The van der Waals surface area contributed by atoms with Gasteiger partial charge in [0.15, 0.2) is 0 Å². The lowest BCUT2D eigenvalue weighted by Gasteiger charge is -2.35. The average molecular weight is 255 g/mol. The number of rotatable bonds is 3. The fourth-order valence-corrected chi connectivity index (χ4v) is 2.03. The van der Waals surface area contributed by atoms with Gasteiger partial charge < -0.3 is 15.5 Å². The summed E-state index contributed by atoms with van der Waals surface area (Å²) in [5, 5.41) is 0. The largest absolute Gasteiger partial charge is 0.399 e. The van der Waals surface area contributed by atoms with Gasteiger partial charge in [0, 0.05) is 25.3 Å². The summed E-state index contributed by atoms with van der Waals surface area (Å²) in [6, 6.07) is 4.38. The first-order valence-electron chi connectivity index (χ1n) is 5.75. The van der Waals surface area contributed by atoms with Crippen molar-refractivity contribution in [2.75, 3.05) is 43.5 Å². The maximum absolute atomic E-state index is 13.7. The molecule has 0 unspecified atom stereocenters.